The van der Waals surface area contributed by atoms with Gasteiger partial charge in [-0.2, -0.15) is 12.6 Å². The first-order valence-electron chi connectivity index (χ1n) is 1.86. The van der Waals surface area contributed by atoms with Gasteiger partial charge in [0, 0.05) is 0 Å². The quantitative estimate of drug-likeness (QED) is 0.394. The van der Waals surface area contributed by atoms with Crippen LogP contribution in [0.1, 0.15) is 0 Å². The van der Waals surface area contributed by atoms with Gasteiger partial charge < -0.3 is 0 Å². The summed E-state index contributed by atoms with van der Waals surface area (Å²) in [5.41, 5.74) is 0. The molecule has 0 saturated carbocycles. The van der Waals surface area contributed by atoms with Crippen molar-refractivity contribution in [2.75, 3.05) is 6.26 Å². The molecule has 0 bridgehead atoms. The van der Waals surface area contributed by atoms with Crippen molar-refractivity contribution in [2.24, 2.45) is 0 Å². The van der Waals surface area contributed by atoms with Crippen molar-refractivity contribution in [1.82, 2.24) is 0 Å². The van der Waals surface area contributed by atoms with E-state index in [1.807, 2.05) is 6.26 Å². The summed E-state index contributed by atoms with van der Waals surface area (Å²) in [6.45, 7) is 0. The van der Waals surface area contributed by atoms with E-state index >= 15 is 0 Å². The average Bonchev–Trinajstić information content (AvgIpc) is 1.62. The Morgan fingerprint density at radius 3 is 1.75 bits per heavy atom. The lowest BCUT2D eigenvalue weighted by molar-refractivity contribution is 1.32. The van der Waals surface area contributed by atoms with Crippen molar-refractivity contribution in [3.8, 4) is 0 Å². The second-order valence-corrected chi connectivity index (χ2v) is 6.26. The second kappa shape index (κ2) is 3.81. The van der Waals surface area contributed by atoms with Crippen molar-refractivity contribution < 1.29 is 0 Å². The van der Waals surface area contributed by atoms with Crippen molar-refractivity contribution in [3.63, 3.8) is 0 Å². The Kier molecular flexibility index (Phi) is 4.64. The van der Waals surface area contributed by atoms with Crippen molar-refractivity contribution in [1.29, 1.82) is 0 Å². The van der Waals surface area contributed by atoms with Gasteiger partial charge in [-0.25, -0.2) is 0 Å². The van der Waals surface area contributed by atoms with Crippen LogP contribution in [0.3, 0.4) is 0 Å². The first-order valence-corrected chi connectivity index (χ1v) is 5.01. The molecule has 0 aliphatic carbocycles. The Labute approximate surface area is 76.2 Å². The van der Waals surface area contributed by atoms with Gasteiger partial charge >= 0.3 is 0 Å². The lowest BCUT2D eigenvalue weighted by atomic mass is 10.9. The van der Waals surface area contributed by atoms with Gasteiger partial charge in [0.05, 0.1) is 4.58 Å². The van der Waals surface area contributed by atoms with Gasteiger partial charge in [-0.15, -0.1) is 49.6 Å². The molecule has 0 aromatic heterocycles. The molecule has 0 N–H and O–H groups in total. The number of hydrogen-bond acceptors (Lipinski definition) is 5. The maximum atomic E-state index is 4.14. The number of thiol groups is 4. The molecule has 0 saturated heterocycles. The van der Waals surface area contributed by atoms with E-state index in [2.05, 4.69) is 50.5 Å². The summed E-state index contributed by atoms with van der Waals surface area (Å²) in [6.07, 6.45) is 1.94. The summed E-state index contributed by atoms with van der Waals surface area (Å²) in [7, 11) is 0. The predicted molar refractivity (Wildman–Crippen MR) is 56.0 cm³/mol. The molecule has 1 atom stereocenters. The van der Waals surface area contributed by atoms with Crippen LogP contribution in [0, 0.1) is 0 Å². The third-order valence-electron chi connectivity index (χ3n) is 0.555. The largest absolute Gasteiger partial charge is 0.162 e. The van der Waals surface area contributed by atoms with Crippen LogP contribution in [0.2, 0.25) is 0 Å². The van der Waals surface area contributed by atoms with Crippen LogP contribution in [0.5, 0.6) is 0 Å². The topological polar surface area (TPSA) is 0 Å². The summed E-state index contributed by atoms with van der Waals surface area (Å²) in [5.74, 6) is 0. The Balaban J connectivity index is 3.62. The van der Waals surface area contributed by atoms with Crippen LogP contribution in [-0.2, 0) is 0 Å². The highest BCUT2D eigenvalue weighted by Crippen LogP contribution is 2.37. The van der Waals surface area contributed by atoms with Gasteiger partial charge in [-0.1, -0.05) is 0 Å². The normalized spacial score (nSPS) is 16.1. The smallest absolute Gasteiger partial charge is 0.119 e. The molecule has 1 unspecified atom stereocenters. The van der Waals surface area contributed by atoms with Gasteiger partial charge in [-0.05, 0) is 6.26 Å². The van der Waals surface area contributed by atoms with Crippen molar-refractivity contribution in [3.05, 3.63) is 0 Å². The SMILES string of the molecule is CSC(S)C(S)(S)S. The minimum atomic E-state index is -0.581. The molecule has 0 aromatic carbocycles. The van der Waals surface area contributed by atoms with Crippen LogP contribution < -0.4 is 0 Å². The van der Waals surface area contributed by atoms with E-state index in [0.29, 0.717) is 0 Å². The molecular formula is C3H8S5. The Morgan fingerprint density at radius 2 is 1.75 bits per heavy atom. The van der Waals surface area contributed by atoms with Crippen molar-refractivity contribution in [2.45, 2.75) is 7.99 Å². The summed E-state index contributed by atoms with van der Waals surface area (Å²) in [4.78, 5) is 0. The van der Waals surface area contributed by atoms with Gasteiger partial charge in [0.25, 0.3) is 0 Å². The molecule has 0 rings (SSSR count). The number of thioether (sulfide) groups is 1. The van der Waals surface area contributed by atoms with Gasteiger partial charge in [0.2, 0.25) is 0 Å². The first kappa shape index (κ1) is 9.75. The predicted octanol–water partition coefficient (Wildman–Crippen LogP) is 2.05. The van der Waals surface area contributed by atoms with Crippen LogP contribution in [-0.4, -0.2) is 14.2 Å². The fourth-order valence-corrected chi connectivity index (χ4v) is 1.42. The zero-order chi connectivity index (χ0) is 6.78. The number of hydrogen-bond donors (Lipinski definition) is 4. The van der Waals surface area contributed by atoms with Gasteiger partial charge in [0.15, 0.2) is 0 Å². The minimum Gasteiger partial charge on any atom is -0.162 e. The molecule has 0 spiro atoms. The Morgan fingerprint density at radius 1 is 1.38 bits per heavy atom. The van der Waals surface area contributed by atoms with E-state index in [0.717, 1.165) is 0 Å². The highest BCUT2D eigenvalue weighted by atomic mass is 32.2. The molecule has 0 aliphatic heterocycles. The van der Waals surface area contributed by atoms with Crippen LogP contribution in [0.15, 0.2) is 0 Å². The third kappa shape index (κ3) is 3.71. The van der Waals surface area contributed by atoms with E-state index < -0.39 is 3.41 Å². The van der Waals surface area contributed by atoms with Crippen LogP contribution >= 0.6 is 62.3 Å². The van der Waals surface area contributed by atoms with E-state index in [1.165, 1.54) is 0 Å². The molecule has 0 radical (unpaired) electrons. The monoisotopic (exact) mass is 204 g/mol. The molecule has 0 nitrogen and oxygen atoms in total. The van der Waals surface area contributed by atoms with Crippen molar-refractivity contribution >= 4 is 62.3 Å². The lowest BCUT2D eigenvalue weighted by Gasteiger charge is -2.20. The van der Waals surface area contributed by atoms with E-state index in [1.54, 1.807) is 11.8 Å². The average molecular weight is 204 g/mol. The van der Waals surface area contributed by atoms with E-state index in [9.17, 15) is 0 Å². The summed E-state index contributed by atoms with van der Waals surface area (Å²) in [5, 5.41) is 0. The zero-order valence-electron chi connectivity index (χ0n) is 4.27. The second-order valence-electron chi connectivity index (χ2n) is 1.28. The third-order valence-corrected chi connectivity index (χ3v) is 4.28. The minimum absolute atomic E-state index is 0.0532. The zero-order valence-corrected chi connectivity index (χ0v) is 8.67. The standard InChI is InChI=1S/C3H8S5/c1-8-2(4)3(5,6)7/h2,4-7H,1H3. The first-order chi connectivity index (χ1) is 3.48. The fraction of sp³-hybridized carbons (Fsp3) is 1.00. The van der Waals surface area contributed by atoms with Crippen LogP contribution in [0.4, 0.5) is 0 Å². The molecule has 0 aliphatic rings. The fourth-order valence-electron chi connectivity index (χ4n) is 0.158. The Hall–Kier alpha value is 1.75. The molecule has 50 valence electrons. The molecular weight excluding hydrogens is 196 g/mol. The maximum Gasteiger partial charge on any atom is 0.119 e. The summed E-state index contributed by atoms with van der Waals surface area (Å²) < 4.78 is -0.528. The number of rotatable bonds is 2. The van der Waals surface area contributed by atoms with Gasteiger partial charge in [0.1, 0.15) is 3.41 Å². The molecule has 8 heavy (non-hydrogen) atoms. The van der Waals surface area contributed by atoms with Gasteiger partial charge in [-0.3, -0.25) is 0 Å². The summed E-state index contributed by atoms with van der Waals surface area (Å²) in [6, 6.07) is 0. The highest BCUT2D eigenvalue weighted by molar-refractivity contribution is 8.22. The molecule has 0 amide bonds. The van der Waals surface area contributed by atoms with E-state index in [4.69, 9.17) is 0 Å². The maximum absolute atomic E-state index is 4.14. The summed E-state index contributed by atoms with van der Waals surface area (Å²) >= 11 is 17.9. The van der Waals surface area contributed by atoms with Crippen LogP contribution in [0.25, 0.3) is 0 Å². The molecule has 0 aromatic rings. The lowest BCUT2D eigenvalue weighted by Crippen LogP contribution is -2.15. The Bertz CT molecular complexity index is 64.6. The molecule has 5 heteroatoms. The van der Waals surface area contributed by atoms with E-state index in [-0.39, 0.29) is 4.58 Å². The highest BCUT2D eigenvalue weighted by Gasteiger charge is 2.22. The molecule has 0 heterocycles. The molecule has 0 fully saturated rings.